The van der Waals surface area contributed by atoms with Crippen molar-refractivity contribution in [2.24, 2.45) is 4.99 Å². The van der Waals surface area contributed by atoms with Crippen LogP contribution in [0.2, 0.25) is 10.0 Å². The van der Waals surface area contributed by atoms with E-state index in [4.69, 9.17) is 42.4 Å². The molecule has 0 fully saturated rings. The van der Waals surface area contributed by atoms with Crippen molar-refractivity contribution < 1.29 is 19.0 Å². The number of carbonyl (C=O) groups excluding carboxylic acids is 1. The minimum atomic E-state index is -0.710. The number of hydrogen-bond donors (Lipinski definition) is 0. The highest BCUT2D eigenvalue weighted by molar-refractivity contribution is 7.07. The first-order valence-corrected chi connectivity index (χ1v) is 15.8. The summed E-state index contributed by atoms with van der Waals surface area (Å²) in [7, 11) is 1.55. The van der Waals surface area contributed by atoms with Crippen LogP contribution in [-0.2, 0) is 16.1 Å². The van der Waals surface area contributed by atoms with Crippen LogP contribution in [0, 0.1) is 0 Å². The molecule has 0 saturated heterocycles. The zero-order chi connectivity index (χ0) is 31.7. The summed E-state index contributed by atoms with van der Waals surface area (Å²) >= 11 is 13.6. The predicted octanol–water partition coefficient (Wildman–Crippen LogP) is 6.85. The Hall–Kier alpha value is -4.37. The van der Waals surface area contributed by atoms with Crippen LogP contribution in [0.3, 0.4) is 0 Å². The summed E-state index contributed by atoms with van der Waals surface area (Å²) in [5, 5.41) is 3.00. The molecule has 5 aromatic rings. The highest BCUT2D eigenvalue weighted by atomic mass is 35.5. The van der Waals surface area contributed by atoms with Gasteiger partial charge in [-0.05, 0) is 66.1 Å². The fourth-order valence-corrected chi connectivity index (χ4v) is 6.92. The van der Waals surface area contributed by atoms with E-state index in [-0.39, 0.29) is 18.8 Å². The Labute approximate surface area is 273 Å². The number of hydrogen-bond acceptors (Lipinski definition) is 7. The summed E-state index contributed by atoms with van der Waals surface area (Å²) in [6.45, 7) is 3.97. The normalized spacial score (nSPS) is 14.7. The van der Waals surface area contributed by atoms with Gasteiger partial charge in [0.25, 0.3) is 5.56 Å². The minimum absolute atomic E-state index is 0.205. The van der Waals surface area contributed by atoms with Gasteiger partial charge < -0.3 is 14.2 Å². The topological polar surface area (TPSA) is 79.1 Å². The number of thiazole rings is 1. The third kappa shape index (κ3) is 6.01. The van der Waals surface area contributed by atoms with E-state index in [0.29, 0.717) is 42.1 Å². The number of nitrogens with zero attached hydrogens (tertiary/aromatic N) is 2. The number of halogens is 2. The summed E-state index contributed by atoms with van der Waals surface area (Å²) in [6, 6.07) is 23.7. The second-order valence-corrected chi connectivity index (χ2v) is 12.2. The van der Waals surface area contributed by atoms with Crippen LogP contribution in [0.1, 0.15) is 36.6 Å². The third-order valence-electron chi connectivity index (χ3n) is 7.52. The monoisotopic (exact) mass is 658 g/mol. The smallest absolute Gasteiger partial charge is 0.338 e. The fourth-order valence-electron chi connectivity index (χ4n) is 5.41. The molecule has 2 heterocycles. The van der Waals surface area contributed by atoms with Gasteiger partial charge in [0.05, 0.1) is 35.6 Å². The Morgan fingerprint density at radius 2 is 1.82 bits per heavy atom. The largest absolute Gasteiger partial charge is 0.493 e. The molecule has 7 nitrogen and oxygen atoms in total. The number of carbonyl (C=O) groups is 1. The maximum absolute atomic E-state index is 14.1. The molecule has 0 bridgehead atoms. The molecular weight excluding hydrogens is 631 g/mol. The number of rotatable bonds is 8. The molecule has 0 unspecified atom stereocenters. The van der Waals surface area contributed by atoms with E-state index in [1.165, 1.54) is 11.3 Å². The first kappa shape index (κ1) is 30.6. The molecule has 228 valence electrons. The van der Waals surface area contributed by atoms with E-state index in [9.17, 15) is 9.59 Å². The van der Waals surface area contributed by atoms with Crippen molar-refractivity contribution in [2.45, 2.75) is 26.5 Å². The number of benzene rings is 4. The molecule has 1 atom stereocenters. The molecule has 1 aliphatic heterocycles. The minimum Gasteiger partial charge on any atom is -0.493 e. The van der Waals surface area contributed by atoms with Crippen LogP contribution in [0.15, 0.2) is 99.9 Å². The summed E-state index contributed by atoms with van der Waals surface area (Å²) in [6.07, 6.45) is 1.79. The SMILES string of the molecule is CCOC(=O)C1=C(C)N=c2s/c(=C/c3ccc(OCc4ccc(Cl)cc4Cl)c(OC)c3)c(=O)n2[C@H]1c1cccc2ccccc12. The molecule has 10 heteroatoms. The van der Waals surface area contributed by atoms with Gasteiger partial charge in [0.15, 0.2) is 16.3 Å². The zero-order valence-electron chi connectivity index (χ0n) is 24.7. The summed E-state index contributed by atoms with van der Waals surface area (Å²) in [4.78, 5) is 32.7. The van der Waals surface area contributed by atoms with Crippen molar-refractivity contribution in [1.29, 1.82) is 0 Å². The number of allylic oxidation sites excluding steroid dienone is 1. The Morgan fingerprint density at radius 1 is 1.02 bits per heavy atom. The van der Waals surface area contributed by atoms with Gasteiger partial charge in [-0.2, -0.15) is 0 Å². The molecule has 0 aliphatic carbocycles. The van der Waals surface area contributed by atoms with Gasteiger partial charge in [-0.3, -0.25) is 9.36 Å². The molecule has 0 N–H and O–H groups in total. The summed E-state index contributed by atoms with van der Waals surface area (Å²) in [5.41, 5.74) is 2.94. The van der Waals surface area contributed by atoms with E-state index >= 15 is 0 Å². The number of ether oxygens (including phenoxy) is 3. The van der Waals surface area contributed by atoms with Crippen molar-refractivity contribution in [2.75, 3.05) is 13.7 Å². The average molecular weight is 660 g/mol. The lowest BCUT2D eigenvalue weighted by atomic mass is 9.91. The lowest BCUT2D eigenvalue weighted by molar-refractivity contribution is -0.139. The van der Waals surface area contributed by atoms with Crippen LogP contribution in [-0.4, -0.2) is 24.3 Å². The van der Waals surface area contributed by atoms with E-state index in [2.05, 4.69) is 0 Å². The Bertz CT molecular complexity index is 2160. The zero-order valence-corrected chi connectivity index (χ0v) is 27.0. The van der Waals surface area contributed by atoms with Crippen LogP contribution in [0.5, 0.6) is 11.5 Å². The number of fused-ring (bicyclic) bond motifs is 2. The lowest BCUT2D eigenvalue weighted by Crippen LogP contribution is -2.40. The van der Waals surface area contributed by atoms with Crippen LogP contribution in [0.25, 0.3) is 16.8 Å². The molecule has 0 radical (unpaired) electrons. The molecule has 0 spiro atoms. The lowest BCUT2D eigenvalue weighted by Gasteiger charge is -2.25. The summed E-state index contributed by atoms with van der Waals surface area (Å²) in [5.74, 6) is 0.523. The van der Waals surface area contributed by atoms with Gasteiger partial charge >= 0.3 is 5.97 Å². The van der Waals surface area contributed by atoms with Gasteiger partial charge in [0.1, 0.15) is 6.61 Å². The van der Waals surface area contributed by atoms with E-state index in [0.717, 1.165) is 27.5 Å². The predicted molar refractivity (Wildman–Crippen MR) is 178 cm³/mol. The Kier molecular flexibility index (Phi) is 8.81. The van der Waals surface area contributed by atoms with E-state index in [1.54, 1.807) is 55.9 Å². The van der Waals surface area contributed by atoms with Gasteiger partial charge in [0, 0.05) is 15.6 Å². The third-order valence-corrected chi connectivity index (χ3v) is 9.09. The standard InChI is InChI=1S/C35H28Cl2N2O5S/c1-4-43-34(41)31-20(2)38-35-39(32(31)26-11-7-9-22-8-5-6-10-25(22)26)33(40)30(45-35)17-21-12-15-28(29(16-21)42-3)44-19-23-13-14-24(36)18-27(23)37/h5-18,32H,4,19H2,1-3H3/b30-17+/t32-/m0/s1. The van der Waals surface area contributed by atoms with Crippen molar-refractivity contribution in [3.8, 4) is 11.5 Å². The van der Waals surface area contributed by atoms with Crippen molar-refractivity contribution in [3.63, 3.8) is 0 Å². The van der Waals surface area contributed by atoms with Crippen LogP contribution < -0.4 is 24.4 Å². The Morgan fingerprint density at radius 3 is 2.60 bits per heavy atom. The van der Waals surface area contributed by atoms with Gasteiger partial charge in [-0.25, -0.2) is 9.79 Å². The van der Waals surface area contributed by atoms with Gasteiger partial charge in [-0.15, -0.1) is 0 Å². The Balaban J connectivity index is 1.42. The number of esters is 1. The van der Waals surface area contributed by atoms with Crippen molar-refractivity contribution in [1.82, 2.24) is 4.57 Å². The molecular formula is C35H28Cl2N2O5S. The summed E-state index contributed by atoms with van der Waals surface area (Å²) < 4.78 is 19.1. The molecule has 4 aromatic carbocycles. The van der Waals surface area contributed by atoms with E-state index in [1.807, 2.05) is 54.6 Å². The van der Waals surface area contributed by atoms with E-state index < -0.39 is 12.0 Å². The fraction of sp³-hybridized carbons (Fsp3) is 0.171. The maximum Gasteiger partial charge on any atom is 0.338 e. The van der Waals surface area contributed by atoms with Crippen molar-refractivity contribution >= 4 is 57.4 Å². The van der Waals surface area contributed by atoms with Crippen LogP contribution >= 0.6 is 34.5 Å². The molecule has 1 aromatic heterocycles. The number of methoxy groups -OCH3 is 1. The van der Waals surface area contributed by atoms with Crippen molar-refractivity contribution in [3.05, 3.63) is 137 Å². The number of aromatic nitrogens is 1. The first-order chi connectivity index (χ1) is 21.8. The van der Waals surface area contributed by atoms with Gasteiger partial charge in [-0.1, -0.05) is 89.1 Å². The first-order valence-electron chi connectivity index (χ1n) is 14.2. The highest BCUT2D eigenvalue weighted by Gasteiger charge is 2.34. The van der Waals surface area contributed by atoms with Gasteiger partial charge in [0.2, 0.25) is 0 Å². The second kappa shape index (κ2) is 12.9. The van der Waals surface area contributed by atoms with Crippen LogP contribution in [0.4, 0.5) is 0 Å². The average Bonchev–Trinajstić information content (AvgIpc) is 3.33. The quantitative estimate of drug-likeness (QED) is 0.171. The molecule has 0 amide bonds. The highest BCUT2D eigenvalue weighted by Crippen LogP contribution is 2.35. The second-order valence-electron chi connectivity index (χ2n) is 10.3. The molecule has 0 saturated carbocycles. The maximum atomic E-state index is 14.1. The molecule has 45 heavy (non-hydrogen) atoms. The molecule has 6 rings (SSSR count). The molecule has 1 aliphatic rings.